The van der Waals surface area contributed by atoms with Gasteiger partial charge in [-0.25, -0.2) is 24.4 Å². The van der Waals surface area contributed by atoms with Crippen LogP contribution >= 0.6 is 34.7 Å². The van der Waals surface area contributed by atoms with E-state index < -0.39 is 47.3 Å². The lowest BCUT2D eigenvalue weighted by Crippen LogP contribution is -2.52. The van der Waals surface area contributed by atoms with E-state index in [1.807, 2.05) is 29.6 Å². The number of carbonyl (C=O) groups excluding carboxylic acids is 4. The van der Waals surface area contributed by atoms with Crippen molar-refractivity contribution in [1.29, 1.82) is 10.5 Å². The third-order valence-corrected chi connectivity index (χ3v) is 11.8. The number of alkyl carbamates (subject to hydrolysis) is 2. The zero-order chi connectivity index (χ0) is 48.0. The van der Waals surface area contributed by atoms with Gasteiger partial charge in [0.05, 0.1) is 11.3 Å². The van der Waals surface area contributed by atoms with Gasteiger partial charge in [-0.1, -0.05) is 47.6 Å². The number of ether oxygens (including phenoxy) is 4. The predicted octanol–water partition coefficient (Wildman–Crippen LogP) is 8.79. The van der Waals surface area contributed by atoms with Crippen molar-refractivity contribution < 1.29 is 38.1 Å². The van der Waals surface area contributed by atoms with E-state index in [-0.39, 0.29) is 31.7 Å². The number of carbonyl (C=O) groups is 4. The van der Waals surface area contributed by atoms with Crippen LogP contribution in [0.4, 0.5) is 15.4 Å². The third kappa shape index (κ3) is 15.3. The highest BCUT2D eigenvalue weighted by Gasteiger charge is 2.29. The first-order chi connectivity index (χ1) is 31.3. The number of nitriles is 2. The molecule has 2 aromatic heterocycles. The summed E-state index contributed by atoms with van der Waals surface area (Å²) in [6.07, 6.45) is 0.926. The molecule has 2 atom stereocenters. The van der Waals surface area contributed by atoms with E-state index in [9.17, 15) is 29.7 Å². The molecule has 3 N–H and O–H groups in total. The average Bonchev–Trinajstić information content (AvgIpc) is 3.98. The van der Waals surface area contributed by atoms with Crippen molar-refractivity contribution in [1.82, 2.24) is 25.9 Å². The SMILES string of the molecule is C[C@H](NC(=O)[C@H](CCCNC(=O)OC(C)(C)C)NC(=O)OC(C)(C)C)C(=O)OCCOc1ccc(-c2c(C#N)c(SCc3csc(-c4ccc(Cl)cc4)n3)nc(N3CCCC3)c2C#N)cc1. The van der Waals surface area contributed by atoms with Crippen LogP contribution < -0.4 is 25.6 Å². The molecule has 0 saturated carbocycles. The molecule has 4 aromatic rings. The van der Waals surface area contributed by atoms with Gasteiger partial charge in [0, 0.05) is 46.9 Å². The number of halogens is 1. The van der Waals surface area contributed by atoms with Crippen LogP contribution in [0.3, 0.4) is 0 Å². The molecule has 0 bridgehead atoms. The minimum atomic E-state index is -1.09. The highest BCUT2D eigenvalue weighted by molar-refractivity contribution is 7.98. The minimum Gasteiger partial charge on any atom is -0.490 e. The number of hydrogen-bond donors (Lipinski definition) is 3. The van der Waals surface area contributed by atoms with E-state index in [1.165, 1.54) is 30.0 Å². The summed E-state index contributed by atoms with van der Waals surface area (Å²) in [5.74, 6) is 0.0840. The number of nitrogens with zero attached hydrogens (tertiary/aromatic N) is 5. The smallest absolute Gasteiger partial charge is 0.408 e. The molecular formula is C47H55ClN8O8S2. The maximum absolute atomic E-state index is 13.3. The Hall–Kier alpha value is -6.08. The fraction of sp³-hybridized carbons (Fsp3) is 0.447. The summed E-state index contributed by atoms with van der Waals surface area (Å²) in [5, 5.41) is 32.8. The largest absolute Gasteiger partial charge is 0.490 e. The first-order valence-electron chi connectivity index (χ1n) is 21.5. The van der Waals surface area contributed by atoms with E-state index in [2.05, 4.69) is 33.0 Å². The summed E-state index contributed by atoms with van der Waals surface area (Å²) < 4.78 is 21.8. The molecule has 1 saturated heterocycles. The van der Waals surface area contributed by atoms with Gasteiger partial charge in [0.2, 0.25) is 5.91 Å². The Morgan fingerprint density at radius 1 is 0.864 bits per heavy atom. The first-order valence-corrected chi connectivity index (χ1v) is 23.7. The number of anilines is 1. The molecule has 0 unspecified atom stereocenters. The van der Waals surface area contributed by atoms with Crippen molar-refractivity contribution in [3.05, 3.63) is 75.8 Å². The van der Waals surface area contributed by atoms with Gasteiger partial charge in [0.15, 0.2) is 0 Å². The summed E-state index contributed by atoms with van der Waals surface area (Å²) in [6, 6.07) is 17.0. The van der Waals surface area contributed by atoms with Gasteiger partial charge in [-0.2, -0.15) is 10.5 Å². The fourth-order valence-electron chi connectivity index (χ4n) is 6.60. The van der Waals surface area contributed by atoms with Crippen molar-refractivity contribution in [3.8, 4) is 39.6 Å². The standard InChI is InChI=1S/C47H55ClN8O8S2/c1-29(52-40(57)37(54-45(60)64-47(5,6)7)11-10-20-51-44(59)63-46(2,3)4)43(58)62-24-23-61-34-18-14-30(15-19-34)38-35(25-49)39(56-21-8-9-22-56)55-42(36(38)26-50)66-28-33-27-65-41(53-33)31-12-16-32(48)17-13-31/h12-19,27,29,37H,8-11,20-24,28H2,1-7H3,(H,51,59)(H,52,57)(H,54,60)/t29-,37-/m0/s1. The van der Waals surface area contributed by atoms with Crippen LogP contribution in [0, 0.1) is 22.7 Å². The normalized spacial score (nSPS) is 13.4. The lowest BCUT2D eigenvalue weighted by atomic mass is 9.96. The van der Waals surface area contributed by atoms with Crippen LogP contribution in [-0.4, -0.2) is 90.2 Å². The van der Waals surface area contributed by atoms with Gasteiger partial charge in [0.25, 0.3) is 0 Å². The van der Waals surface area contributed by atoms with E-state index in [0.29, 0.717) is 50.5 Å². The second kappa shape index (κ2) is 23.4. The van der Waals surface area contributed by atoms with E-state index in [0.717, 1.165) is 42.2 Å². The van der Waals surface area contributed by atoms with Gasteiger partial charge >= 0.3 is 18.2 Å². The van der Waals surface area contributed by atoms with Crippen LogP contribution in [0.2, 0.25) is 5.02 Å². The second-order valence-corrected chi connectivity index (χ2v) is 19.5. The maximum Gasteiger partial charge on any atom is 0.408 e. The number of hydrogen-bond acceptors (Lipinski definition) is 15. The molecule has 0 radical (unpaired) electrons. The number of rotatable bonds is 18. The molecule has 19 heteroatoms. The molecular weight excluding hydrogens is 904 g/mol. The molecule has 350 valence electrons. The average molecular weight is 960 g/mol. The molecule has 16 nitrogen and oxygen atoms in total. The Bertz CT molecular complexity index is 2420. The minimum absolute atomic E-state index is 0.0162. The second-order valence-electron chi connectivity index (χ2n) is 17.3. The summed E-state index contributed by atoms with van der Waals surface area (Å²) in [5.41, 5.74) is 2.02. The molecule has 1 aliphatic heterocycles. The Morgan fingerprint density at radius 3 is 2.14 bits per heavy atom. The van der Waals surface area contributed by atoms with Crippen LogP contribution in [-0.2, 0) is 29.6 Å². The Balaban J connectivity index is 1.19. The summed E-state index contributed by atoms with van der Waals surface area (Å²) >= 11 is 9.00. The first kappa shape index (κ1) is 50.9. The van der Waals surface area contributed by atoms with Crippen LogP contribution in [0.5, 0.6) is 5.75 Å². The number of esters is 1. The van der Waals surface area contributed by atoms with Gasteiger partial charge < -0.3 is 39.8 Å². The maximum atomic E-state index is 13.3. The molecule has 3 heterocycles. The van der Waals surface area contributed by atoms with Crippen molar-refractivity contribution in [2.24, 2.45) is 0 Å². The third-order valence-electron chi connectivity index (χ3n) is 9.57. The summed E-state index contributed by atoms with van der Waals surface area (Å²) in [4.78, 5) is 62.6. The quantitative estimate of drug-likeness (QED) is 0.0368. The number of thioether (sulfide) groups is 1. The number of amides is 3. The number of nitrogens with one attached hydrogen (secondary N) is 3. The molecule has 1 aliphatic rings. The molecule has 66 heavy (non-hydrogen) atoms. The molecule has 1 fully saturated rings. The van der Waals surface area contributed by atoms with Crippen LogP contribution in [0.1, 0.15) is 91.0 Å². The molecule has 2 aromatic carbocycles. The van der Waals surface area contributed by atoms with E-state index in [1.54, 1.807) is 65.8 Å². The Morgan fingerprint density at radius 2 is 1.50 bits per heavy atom. The molecule has 0 aliphatic carbocycles. The topological polar surface area (TPSA) is 218 Å². The van der Waals surface area contributed by atoms with Gasteiger partial charge in [0.1, 0.15) is 75.8 Å². The Kier molecular flexibility index (Phi) is 18.0. The van der Waals surface area contributed by atoms with Crippen molar-refractivity contribution in [2.45, 2.75) is 108 Å². The zero-order valence-electron chi connectivity index (χ0n) is 38.1. The summed E-state index contributed by atoms with van der Waals surface area (Å²) in [6.45, 7) is 13.2. The monoisotopic (exact) mass is 958 g/mol. The molecule has 5 rings (SSSR count). The number of aromatic nitrogens is 2. The van der Waals surface area contributed by atoms with Gasteiger partial charge in [-0.3, -0.25) is 4.79 Å². The van der Waals surface area contributed by atoms with Crippen LogP contribution in [0.25, 0.3) is 21.7 Å². The van der Waals surface area contributed by atoms with Gasteiger partial charge in [-0.15, -0.1) is 11.3 Å². The van der Waals surface area contributed by atoms with Gasteiger partial charge in [-0.05, 0) is 104 Å². The van der Waals surface area contributed by atoms with E-state index in [4.69, 9.17) is 40.5 Å². The summed E-state index contributed by atoms with van der Waals surface area (Å²) in [7, 11) is 0. The van der Waals surface area contributed by atoms with Crippen molar-refractivity contribution >= 4 is 64.6 Å². The Labute approximate surface area is 398 Å². The number of pyridine rings is 1. The molecule has 3 amide bonds. The lowest BCUT2D eigenvalue weighted by Gasteiger charge is -2.24. The lowest BCUT2D eigenvalue weighted by molar-refractivity contribution is -0.148. The fourth-order valence-corrected chi connectivity index (χ4v) is 8.53. The highest BCUT2D eigenvalue weighted by atomic mass is 35.5. The number of thiazole rings is 1. The zero-order valence-corrected chi connectivity index (χ0v) is 40.5. The number of benzene rings is 2. The van der Waals surface area contributed by atoms with Crippen molar-refractivity contribution in [2.75, 3.05) is 37.7 Å². The van der Waals surface area contributed by atoms with Crippen LogP contribution in [0.15, 0.2) is 58.9 Å². The highest BCUT2D eigenvalue weighted by Crippen LogP contribution is 2.40. The predicted molar refractivity (Wildman–Crippen MR) is 253 cm³/mol. The van der Waals surface area contributed by atoms with E-state index >= 15 is 0 Å². The molecule has 0 spiro atoms. The van der Waals surface area contributed by atoms with Crippen molar-refractivity contribution in [3.63, 3.8) is 0 Å².